The molecule has 3 nitrogen and oxygen atoms in total. The molecule has 20 heavy (non-hydrogen) atoms. The molecule has 1 heterocycles. The zero-order valence-corrected chi connectivity index (χ0v) is 12.2. The van der Waals surface area contributed by atoms with E-state index in [-0.39, 0.29) is 11.5 Å². The average molecular weight is 273 g/mol. The number of carbonyl (C=O) groups excluding carboxylic acids is 1. The first-order valence-electron chi connectivity index (χ1n) is 7.64. The molecule has 1 aliphatic carbocycles. The number of amides is 1. The highest BCUT2D eigenvalue weighted by Crippen LogP contribution is 2.40. The second-order valence-corrected chi connectivity index (χ2v) is 6.21. The summed E-state index contributed by atoms with van der Waals surface area (Å²) in [5.41, 5.74) is 1.27. The van der Waals surface area contributed by atoms with Gasteiger partial charge in [0, 0.05) is 12.5 Å². The predicted molar refractivity (Wildman–Crippen MR) is 78.4 cm³/mol. The van der Waals surface area contributed by atoms with Crippen LogP contribution in [0.25, 0.3) is 0 Å². The quantitative estimate of drug-likeness (QED) is 0.847. The van der Waals surface area contributed by atoms with Gasteiger partial charge >= 0.3 is 0 Å². The zero-order chi connectivity index (χ0) is 14.0. The summed E-state index contributed by atoms with van der Waals surface area (Å²) in [5, 5.41) is 0. The number of morpholine rings is 1. The van der Waals surface area contributed by atoms with Gasteiger partial charge < -0.3 is 9.64 Å². The maximum atomic E-state index is 12.8. The minimum Gasteiger partial charge on any atom is -0.377 e. The van der Waals surface area contributed by atoms with E-state index >= 15 is 0 Å². The number of ether oxygens (including phenoxy) is 1. The highest BCUT2D eigenvalue weighted by atomic mass is 16.5. The van der Waals surface area contributed by atoms with E-state index in [4.69, 9.17) is 4.74 Å². The van der Waals surface area contributed by atoms with Crippen molar-refractivity contribution < 1.29 is 9.53 Å². The molecule has 1 aromatic rings. The van der Waals surface area contributed by atoms with Crippen LogP contribution in [-0.2, 0) is 16.0 Å². The first-order valence-corrected chi connectivity index (χ1v) is 7.64. The molecule has 108 valence electrons. The SMILES string of the molecule is C[C@H](Cc1ccccc1)C(=O)N1CCOCC12CCC2. The van der Waals surface area contributed by atoms with Crippen molar-refractivity contribution in [3.05, 3.63) is 35.9 Å². The van der Waals surface area contributed by atoms with Gasteiger partial charge in [0.05, 0.1) is 18.8 Å². The molecule has 1 saturated carbocycles. The third-order valence-electron chi connectivity index (χ3n) is 4.76. The Kier molecular flexibility index (Phi) is 3.79. The van der Waals surface area contributed by atoms with Gasteiger partial charge in [-0.25, -0.2) is 0 Å². The zero-order valence-electron chi connectivity index (χ0n) is 12.2. The molecule has 0 radical (unpaired) electrons. The number of hydrogen-bond donors (Lipinski definition) is 0. The van der Waals surface area contributed by atoms with Crippen molar-refractivity contribution in [3.63, 3.8) is 0 Å². The summed E-state index contributed by atoms with van der Waals surface area (Å²) < 4.78 is 5.61. The number of benzene rings is 1. The Hall–Kier alpha value is -1.35. The molecule has 0 aromatic heterocycles. The molecular weight excluding hydrogens is 250 g/mol. The lowest BCUT2D eigenvalue weighted by atomic mass is 9.74. The van der Waals surface area contributed by atoms with Crippen molar-refractivity contribution in [3.8, 4) is 0 Å². The van der Waals surface area contributed by atoms with E-state index in [1.807, 2.05) is 18.2 Å². The van der Waals surface area contributed by atoms with Gasteiger partial charge in [0.2, 0.25) is 5.91 Å². The largest absolute Gasteiger partial charge is 0.377 e. The van der Waals surface area contributed by atoms with Crippen LogP contribution < -0.4 is 0 Å². The molecular formula is C17H23NO2. The topological polar surface area (TPSA) is 29.5 Å². The number of carbonyl (C=O) groups is 1. The summed E-state index contributed by atoms with van der Waals surface area (Å²) in [6.45, 7) is 4.23. The third-order valence-corrected chi connectivity index (χ3v) is 4.76. The van der Waals surface area contributed by atoms with Gasteiger partial charge in [0.15, 0.2) is 0 Å². The summed E-state index contributed by atoms with van der Waals surface area (Å²) in [6.07, 6.45) is 4.26. The minimum atomic E-state index is 0.0281. The molecule has 2 fully saturated rings. The highest BCUT2D eigenvalue weighted by Gasteiger charge is 2.47. The number of hydrogen-bond acceptors (Lipinski definition) is 2. The van der Waals surface area contributed by atoms with Gasteiger partial charge in [-0.3, -0.25) is 4.79 Å². The summed E-state index contributed by atoms with van der Waals surface area (Å²) in [4.78, 5) is 14.9. The molecule has 2 aliphatic rings. The average Bonchev–Trinajstić information content (AvgIpc) is 2.45. The molecule has 1 saturated heterocycles. The van der Waals surface area contributed by atoms with Gasteiger partial charge in [-0.05, 0) is 31.2 Å². The van der Waals surface area contributed by atoms with Crippen LogP contribution in [0, 0.1) is 5.92 Å². The first-order chi connectivity index (χ1) is 9.71. The highest BCUT2D eigenvalue weighted by molar-refractivity contribution is 5.80. The van der Waals surface area contributed by atoms with E-state index in [1.165, 1.54) is 12.0 Å². The Morgan fingerprint density at radius 2 is 2.10 bits per heavy atom. The van der Waals surface area contributed by atoms with Gasteiger partial charge in [-0.15, -0.1) is 0 Å². The van der Waals surface area contributed by atoms with E-state index in [2.05, 4.69) is 24.0 Å². The van der Waals surface area contributed by atoms with Crippen LogP contribution in [0.1, 0.15) is 31.7 Å². The smallest absolute Gasteiger partial charge is 0.226 e. The van der Waals surface area contributed by atoms with Crippen LogP contribution in [0.4, 0.5) is 0 Å². The van der Waals surface area contributed by atoms with Crippen molar-refractivity contribution in [2.75, 3.05) is 19.8 Å². The normalized spacial score (nSPS) is 22.4. The fraction of sp³-hybridized carbons (Fsp3) is 0.588. The summed E-state index contributed by atoms with van der Waals surface area (Å²) in [5.74, 6) is 0.352. The second-order valence-electron chi connectivity index (χ2n) is 6.21. The lowest BCUT2D eigenvalue weighted by Gasteiger charge is -2.53. The molecule has 1 atom stereocenters. The lowest BCUT2D eigenvalue weighted by Crippen LogP contribution is -2.63. The van der Waals surface area contributed by atoms with E-state index < -0.39 is 0 Å². The molecule has 0 N–H and O–H groups in total. The molecule has 3 rings (SSSR count). The summed E-state index contributed by atoms with van der Waals surface area (Å²) in [6, 6.07) is 10.3. The van der Waals surface area contributed by atoms with Gasteiger partial charge in [0.25, 0.3) is 0 Å². The predicted octanol–water partition coefficient (Wildman–Crippen LogP) is 2.65. The van der Waals surface area contributed by atoms with Crippen molar-refractivity contribution >= 4 is 5.91 Å². The fourth-order valence-electron chi connectivity index (χ4n) is 3.40. The maximum Gasteiger partial charge on any atom is 0.226 e. The Bertz CT molecular complexity index is 467. The van der Waals surface area contributed by atoms with E-state index in [0.29, 0.717) is 12.5 Å². The van der Waals surface area contributed by atoms with Crippen LogP contribution in [-0.4, -0.2) is 36.1 Å². The second kappa shape index (κ2) is 5.57. The minimum absolute atomic E-state index is 0.0281. The number of nitrogens with zero attached hydrogens (tertiary/aromatic N) is 1. The van der Waals surface area contributed by atoms with E-state index in [9.17, 15) is 4.79 Å². The lowest BCUT2D eigenvalue weighted by molar-refractivity contribution is -0.162. The van der Waals surface area contributed by atoms with Crippen molar-refractivity contribution in [2.24, 2.45) is 5.92 Å². The van der Waals surface area contributed by atoms with Crippen LogP contribution in [0.2, 0.25) is 0 Å². The van der Waals surface area contributed by atoms with Crippen molar-refractivity contribution in [1.29, 1.82) is 0 Å². The maximum absolute atomic E-state index is 12.8. The Morgan fingerprint density at radius 1 is 1.35 bits per heavy atom. The van der Waals surface area contributed by atoms with Crippen molar-refractivity contribution in [2.45, 2.75) is 38.1 Å². The van der Waals surface area contributed by atoms with Gasteiger partial charge in [-0.1, -0.05) is 37.3 Å². The number of rotatable bonds is 3. The fourth-order valence-corrected chi connectivity index (χ4v) is 3.40. The van der Waals surface area contributed by atoms with E-state index in [0.717, 1.165) is 32.4 Å². The monoisotopic (exact) mass is 273 g/mol. The molecule has 1 amide bonds. The van der Waals surface area contributed by atoms with Gasteiger partial charge in [0.1, 0.15) is 0 Å². The third kappa shape index (κ3) is 2.47. The standard InChI is InChI=1S/C17H23NO2/c1-14(12-15-6-3-2-4-7-15)16(19)18-10-11-20-13-17(18)8-5-9-17/h2-4,6-7,14H,5,8-13H2,1H3/t14-/m1/s1. The molecule has 0 bridgehead atoms. The summed E-state index contributed by atoms with van der Waals surface area (Å²) >= 11 is 0. The Balaban J connectivity index is 1.68. The Morgan fingerprint density at radius 3 is 2.75 bits per heavy atom. The van der Waals surface area contributed by atoms with Crippen LogP contribution >= 0.6 is 0 Å². The van der Waals surface area contributed by atoms with Crippen molar-refractivity contribution in [1.82, 2.24) is 4.90 Å². The molecule has 3 heteroatoms. The van der Waals surface area contributed by atoms with Crippen LogP contribution in [0.3, 0.4) is 0 Å². The molecule has 1 aliphatic heterocycles. The summed E-state index contributed by atoms with van der Waals surface area (Å²) in [7, 11) is 0. The molecule has 1 aromatic carbocycles. The van der Waals surface area contributed by atoms with E-state index in [1.54, 1.807) is 0 Å². The van der Waals surface area contributed by atoms with Crippen LogP contribution in [0.5, 0.6) is 0 Å². The first kappa shape index (κ1) is 13.6. The van der Waals surface area contributed by atoms with Crippen LogP contribution in [0.15, 0.2) is 30.3 Å². The van der Waals surface area contributed by atoms with Gasteiger partial charge in [-0.2, -0.15) is 0 Å². The Labute approximate surface area is 120 Å². The molecule has 0 unspecified atom stereocenters. The molecule has 1 spiro atoms.